The van der Waals surface area contributed by atoms with Crippen LogP contribution in [0.2, 0.25) is 0 Å². The van der Waals surface area contributed by atoms with Gasteiger partial charge in [0.2, 0.25) is 5.78 Å². The van der Waals surface area contributed by atoms with Crippen LogP contribution in [0.4, 0.5) is 0 Å². The number of thiocarbonyl (C=S) groups is 1. The van der Waals surface area contributed by atoms with Gasteiger partial charge in [-0.2, -0.15) is 4.57 Å². The molecule has 0 bridgehead atoms. The Labute approximate surface area is 163 Å². The first-order chi connectivity index (χ1) is 11.7. The van der Waals surface area contributed by atoms with Crippen LogP contribution in [-0.4, -0.2) is 17.3 Å². The Morgan fingerprint density at radius 2 is 1.72 bits per heavy atom. The molecular weight excluding hydrogens is 396 g/mol. The number of hydrogen-bond donors (Lipinski definition) is 1. The summed E-state index contributed by atoms with van der Waals surface area (Å²) in [5, 5.41) is 3.13. The zero-order chi connectivity index (χ0) is 18.6. The Kier molecular flexibility index (Phi) is 6.47. The van der Waals surface area contributed by atoms with Crippen molar-refractivity contribution in [2.24, 2.45) is 0 Å². The van der Waals surface area contributed by atoms with Crippen LogP contribution in [-0.2, 0) is 5.41 Å². The standard InChI is InChI=1S/C20H23BrN2OS/c1-5-22-19(25)17(18(24)14-6-8-16(21)9-7-14)23-12-10-15(11-13-23)20(2,3)4/h6-13,17H,5H2,1-4H3/p+1. The van der Waals surface area contributed by atoms with E-state index in [1.165, 1.54) is 5.56 Å². The van der Waals surface area contributed by atoms with Crippen LogP contribution in [0.3, 0.4) is 0 Å². The Bertz CT molecular complexity index is 749. The van der Waals surface area contributed by atoms with Crippen molar-refractivity contribution in [1.82, 2.24) is 5.32 Å². The van der Waals surface area contributed by atoms with Crippen molar-refractivity contribution in [2.75, 3.05) is 6.54 Å². The molecule has 0 spiro atoms. The lowest BCUT2D eigenvalue weighted by Crippen LogP contribution is -2.51. The number of Topliss-reactive ketones (excluding diaryl/α,β-unsaturated/α-hetero) is 1. The number of rotatable bonds is 5. The van der Waals surface area contributed by atoms with Gasteiger partial charge in [0.15, 0.2) is 17.4 Å². The molecule has 132 valence electrons. The zero-order valence-corrected chi connectivity index (χ0v) is 17.4. The third kappa shape index (κ3) is 4.95. The van der Waals surface area contributed by atoms with Gasteiger partial charge in [-0.25, -0.2) is 0 Å². The second-order valence-electron chi connectivity index (χ2n) is 6.95. The second kappa shape index (κ2) is 8.19. The molecule has 0 aliphatic heterocycles. The van der Waals surface area contributed by atoms with E-state index in [9.17, 15) is 4.79 Å². The summed E-state index contributed by atoms with van der Waals surface area (Å²) in [6.45, 7) is 9.16. The summed E-state index contributed by atoms with van der Waals surface area (Å²) in [5.74, 6) is -0.0213. The number of hydrogen-bond acceptors (Lipinski definition) is 2. The summed E-state index contributed by atoms with van der Waals surface area (Å²) >= 11 is 8.91. The minimum Gasteiger partial charge on any atom is -0.374 e. The molecular formula is C20H24BrN2OS+. The van der Waals surface area contributed by atoms with Crippen molar-refractivity contribution in [3.63, 3.8) is 0 Å². The Hall–Kier alpha value is -1.59. The fourth-order valence-electron chi connectivity index (χ4n) is 2.54. The highest BCUT2D eigenvalue weighted by Gasteiger charge is 2.33. The fraction of sp³-hybridized carbons (Fsp3) is 0.350. The predicted molar refractivity (Wildman–Crippen MR) is 109 cm³/mol. The maximum Gasteiger partial charge on any atom is 0.270 e. The maximum absolute atomic E-state index is 13.1. The molecule has 1 aromatic carbocycles. The second-order valence-corrected chi connectivity index (χ2v) is 8.31. The number of likely N-dealkylation sites (N-methyl/N-ethyl adjacent to an activating group) is 1. The molecule has 1 atom stereocenters. The van der Waals surface area contributed by atoms with E-state index < -0.39 is 6.04 Å². The summed E-state index contributed by atoms with van der Waals surface area (Å²) in [4.78, 5) is 13.6. The number of aromatic nitrogens is 1. The van der Waals surface area contributed by atoms with Gasteiger partial charge in [-0.05, 0) is 30.0 Å². The molecule has 25 heavy (non-hydrogen) atoms. The first-order valence-corrected chi connectivity index (χ1v) is 9.53. The first-order valence-electron chi connectivity index (χ1n) is 8.33. The Balaban J connectivity index is 2.40. The van der Waals surface area contributed by atoms with Gasteiger partial charge in [-0.1, -0.05) is 61.1 Å². The van der Waals surface area contributed by atoms with Crippen LogP contribution in [0.5, 0.6) is 0 Å². The number of pyridine rings is 1. The molecule has 1 heterocycles. The predicted octanol–water partition coefficient (Wildman–Crippen LogP) is 4.40. The molecule has 5 heteroatoms. The van der Waals surface area contributed by atoms with Crippen LogP contribution in [0.25, 0.3) is 0 Å². The van der Waals surface area contributed by atoms with Gasteiger partial charge in [-0.15, -0.1) is 0 Å². The lowest BCUT2D eigenvalue weighted by Gasteiger charge is -2.19. The molecule has 1 unspecified atom stereocenters. The van der Waals surface area contributed by atoms with Crippen molar-refractivity contribution >= 4 is 38.9 Å². The third-order valence-electron chi connectivity index (χ3n) is 3.99. The zero-order valence-electron chi connectivity index (χ0n) is 15.0. The summed E-state index contributed by atoms with van der Waals surface area (Å²) in [6, 6.07) is 10.9. The largest absolute Gasteiger partial charge is 0.374 e. The number of carbonyl (C=O) groups excluding carboxylic acids is 1. The van der Waals surface area contributed by atoms with E-state index in [1.807, 2.05) is 48.1 Å². The van der Waals surface area contributed by atoms with E-state index in [1.54, 1.807) is 0 Å². The van der Waals surface area contributed by atoms with Crippen LogP contribution < -0.4 is 9.88 Å². The fourth-order valence-corrected chi connectivity index (χ4v) is 3.18. The van der Waals surface area contributed by atoms with Gasteiger partial charge >= 0.3 is 0 Å². The highest BCUT2D eigenvalue weighted by molar-refractivity contribution is 9.10. The maximum atomic E-state index is 13.1. The molecule has 0 radical (unpaired) electrons. The monoisotopic (exact) mass is 419 g/mol. The molecule has 2 rings (SSSR count). The number of nitrogens with zero attached hydrogens (tertiary/aromatic N) is 1. The van der Waals surface area contributed by atoms with E-state index in [-0.39, 0.29) is 11.2 Å². The number of nitrogens with one attached hydrogen (secondary N) is 1. The number of ketones is 1. The van der Waals surface area contributed by atoms with Gasteiger partial charge in [0.05, 0.1) is 0 Å². The highest BCUT2D eigenvalue weighted by atomic mass is 79.9. The van der Waals surface area contributed by atoms with Crippen LogP contribution in [0.1, 0.15) is 49.7 Å². The molecule has 1 aromatic heterocycles. The highest BCUT2D eigenvalue weighted by Crippen LogP contribution is 2.21. The van der Waals surface area contributed by atoms with Crippen molar-refractivity contribution in [3.8, 4) is 0 Å². The van der Waals surface area contributed by atoms with E-state index in [2.05, 4.69) is 54.2 Å². The van der Waals surface area contributed by atoms with Crippen molar-refractivity contribution in [1.29, 1.82) is 0 Å². The van der Waals surface area contributed by atoms with Crippen LogP contribution in [0.15, 0.2) is 53.3 Å². The van der Waals surface area contributed by atoms with E-state index in [0.29, 0.717) is 17.1 Å². The van der Waals surface area contributed by atoms with Gasteiger partial charge in [-0.3, -0.25) is 4.79 Å². The van der Waals surface area contributed by atoms with Crippen molar-refractivity contribution in [3.05, 3.63) is 64.4 Å². The van der Waals surface area contributed by atoms with Gasteiger partial charge in [0, 0.05) is 28.7 Å². The Morgan fingerprint density at radius 1 is 1.16 bits per heavy atom. The normalized spacial score (nSPS) is 12.5. The summed E-state index contributed by atoms with van der Waals surface area (Å²) in [7, 11) is 0. The smallest absolute Gasteiger partial charge is 0.270 e. The third-order valence-corrected chi connectivity index (χ3v) is 4.89. The minimum absolute atomic E-state index is 0.0213. The van der Waals surface area contributed by atoms with Crippen molar-refractivity contribution < 1.29 is 9.36 Å². The SMILES string of the molecule is CCNC(=S)C(C(=O)c1ccc(Br)cc1)[n+]1ccc(C(C)(C)C)cc1. The number of benzene rings is 1. The summed E-state index contributed by atoms with van der Waals surface area (Å²) in [6.07, 6.45) is 3.87. The molecule has 1 N–H and O–H groups in total. The average molecular weight is 420 g/mol. The molecule has 2 aromatic rings. The van der Waals surface area contributed by atoms with Crippen LogP contribution >= 0.6 is 28.1 Å². The topological polar surface area (TPSA) is 33.0 Å². The first kappa shape index (κ1) is 19.7. The average Bonchev–Trinajstić information content (AvgIpc) is 2.55. The van der Waals surface area contributed by atoms with Gasteiger partial charge in [0.25, 0.3) is 6.04 Å². The molecule has 0 fully saturated rings. The summed E-state index contributed by atoms with van der Waals surface area (Å²) in [5.41, 5.74) is 1.92. The molecule has 0 saturated carbocycles. The number of carbonyl (C=O) groups is 1. The molecule has 3 nitrogen and oxygen atoms in total. The lowest BCUT2D eigenvalue weighted by molar-refractivity contribution is -0.692. The molecule has 0 aliphatic rings. The van der Waals surface area contributed by atoms with Gasteiger partial charge < -0.3 is 5.32 Å². The molecule has 0 amide bonds. The van der Waals surface area contributed by atoms with Gasteiger partial charge in [0.1, 0.15) is 0 Å². The lowest BCUT2D eigenvalue weighted by atomic mass is 9.88. The molecule has 0 saturated heterocycles. The Morgan fingerprint density at radius 3 is 2.20 bits per heavy atom. The quantitative estimate of drug-likeness (QED) is 0.442. The minimum atomic E-state index is -0.551. The summed E-state index contributed by atoms with van der Waals surface area (Å²) < 4.78 is 2.82. The molecule has 0 aliphatic carbocycles. The number of halogens is 1. The van der Waals surface area contributed by atoms with E-state index in [0.717, 1.165) is 4.47 Å². The van der Waals surface area contributed by atoms with Crippen LogP contribution in [0, 0.1) is 0 Å². The van der Waals surface area contributed by atoms with Crippen molar-refractivity contribution in [2.45, 2.75) is 39.2 Å². The van der Waals surface area contributed by atoms with E-state index in [4.69, 9.17) is 12.2 Å². The van der Waals surface area contributed by atoms with E-state index >= 15 is 0 Å².